The quantitative estimate of drug-likeness (QED) is 0.468. The van der Waals surface area contributed by atoms with E-state index in [1.807, 2.05) is 0 Å². The summed E-state index contributed by atoms with van der Waals surface area (Å²) < 4.78 is 47.4. The van der Waals surface area contributed by atoms with Crippen LogP contribution in [0, 0.1) is 0 Å². The molecule has 168 valence electrons. The Balaban J connectivity index is 1.63. The van der Waals surface area contributed by atoms with Gasteiger partial charge >= 0.3 is 6.18 Å². The number of anilines is 2. The van der Waals surface area contributed by atoms with Gasteiger partial charge in [0, 0.05) is 28.2 Å². The van der Waals surface area contributed by atoms with E-state index in [1.54, 1.807) is 24.3 Å². The van der Waals surface area contributed by atoms with Gasteiger partial charge in [0.1, 0.15) is 11.6 Å². The number of hydrogen-bond donors (Lipinski definition) is 2. The number of aromatic nitrogens is 2. The van der Waals surface area contributed by atoms with E-state index in [1.165, 1.54) is 31.4 Å². The highest BCUT2D eigenvalue weighted by molar-refractivity contribution is 6.35. The maximum absolute atomic E-state index is 13.8. The number of ether oxygens (including phenoxy) is 1. The number of benzene rings is 2. The molecule has 0 unspecified atom stereocenters. The Morgan fingerprint density at radius 3 is 2.41 bits per heavy atom. The van der Waals surface area contributed by atoms with Crippen LogP contribution in [0.25, 0.3) is 0 Å². The first-order valence-electron chi connectivity index (χ1n) is 9.48. The lowest BCUT2D eigenvalue weighted by Crippen LogP contribution is -2.35. The van der Waals surface area contributed by atoms with Gasteiger partial charge in [0.2, 0.25) is 0 Å². The average Bonchev–Trinajstić information content (AvgIpc) is 3.16. The van der Waals surface area contributed by atoms with Crippen LogP contribution in [0.3, 0.4) is 0 Å². The molecule has 4 rings (SSSR count). The van der Waals surface area contributed by atoms with Crippen molar-refractivity contribution in [1.82, 2.24) is 9.78 Å². The zero-order chi connectivity index (χ0) is 23.0. The van der Waals surface area contributed by atoms with Gasteiger partial charge in [0.15, 0.2) is 11.7 Å². The van der Waals surface area contributed by atoms with Gasteiger partial charge in [-0.15, -0.1) is 0 Å². The van der Waals surface area contributed by atoms with E-state index < -0.39 is 24.2 Å². The average molecular weight is 485 g/mol. The monoisotopic (exact) mass is 484 g/mol. The lowest BCUT2D eigenvalue weighted by molar-refractivity contribution is -0.173. The highest BCUT2D eigenvalue weighted by atomic mass is 35.5. The number of halogens is 5. The molecule has 6 nitrogen and oxygen atoms in total. The molecule has 1 aliphatic rings. The predicted octanol–water partition coefficient (Wildman–Crippen LogP) is 6.11. The Kier molecular flexibility index (Phi) is 5.96. The SMILES string of the molecule is COc1ccc([C@H]2C[C@H](C(F)(F)F)n3nc(C(=O)Nc4cc(Cl)cc(Cl)c4)cc3N2)cc1. The van der Waals surface area contributed by atoms with Crippen molar-refractivity contribution in [2.24, 2.45) is 0 Å². The van der Waals surface area contributed by atoms with Crippen molar-refractivity contribution >= 4 is 40.6 Å². The highest BCUT2D eigenvalue weighted by Gasteiger charge is 2.46. The number of nitrogens with zero attached hydrogens (tertiary/aromatic N) is 2. The summed E-state index contributed by atoms with van der Waals surface area (Å²) in [6.45, 7) is 0. The number of amides is 1. The number of nitrogens with one attached hydrogen (secondary N) is 2. The van der Waals surface area contributed by atoms with E-state index in [0.29, 0.717) is 27.0 Å². The number of fused-ring (bicyclic) bond motifs is 1. The second-order valence-electron chi connectivity index (χ2n) is 7.23. The lowest BCUT2D eigenvalue weighted by atomic mass is 9.97. The normalized spacial score (nSPS) is 17.9. The minimum atomic E-state index is -4.55. The summed E-state index contributed by atoms with van der Waals surface area (Å²) >= 11 is 11.9. The van der Waals surface area contributed by atoms with Gasteiger partial charge in [-0.25, -0.2) is 4.68 Å². The van der Waals surface area contributed by atoms with Crippen LogP contribution < -0.4 is 15.4 Å². The smallest absolute Gasteiger partial charge is 0.410 e. The molecule has 0 radical (unpaired) electrons. The van der Waals surface area contributed by atoms with Gasteiger partial charge < -0.3 is 15.4 Å². The van der Waals surface area contributed by atoms with Crippen molar-refractivity contribution in [1.29, 1.82) is 0 Å². The first kappa shape index (κ1) is 22.3. The van der Waals surface area contributed by atoms with Gasteiger partial charge in [-0.05, 0) is 35.9 Å². The fourth-order valence-corrected chi connectivity index (χ4v) is 4.09. The van der Waals surface area contributed by atoms with Gasteiger partial charge in [0.25, 0.3) is 5.91 Å². The van der Waals surface area contributed by atoms with E-state index in [0.717, 1.165) is 4.68 Å². The molecule has 11 heteroatoms. The van der Waals surface area contributed by atoms with Crippen LogP contribution in [-0.4, -0.2) is 29.0 Å². The third kappa shape index (κ3) is 4.63. The number of carbonyl (C=O) groups is 1. The third-order valence-electron chi connectivity index (χ3n) is 5.06. The molecule has 0 spiro atoms. The first-order valence-corrected chi connectivity index (χ1v) is 10.2. The molecule has 2 aromatic carbocycles. The van der Waals surface area contributed by atoms with Crippen molar-refractivity contribution in [2.45, 2.75) is 24.7 Å². The van der Waals surface area contributed by atoms with E-state index in [4.69, 9.17) is 27.9 Å². The number of alkyl halides is 3. The highest BCUT2D eigenvalue weighted by Crippen LogP contribution is 2.43. The second kappa shape index (κ2) is 8.55. The topological polar surface area (TPSA) is 68.2 Å². The molecule has 32 heavy (non-hydrogen) atoms. The molecule has 0 saturated heterocycles. The number of hydrogen-bond acceptors (Lipinski definition) is 4. The minimum absolute atomic E-state index is 0.0914. The second-order valence-corrected chi connectivity index (χ2v) is 8.11. The summed E-state index contributed by atoms with van der Waals surface area (Å²) in [7, 11) is 1.51. The number of carbonyl (C=O) groups excluding carboxylic acids is 1. The molecule has 0 bridgehead atoms. The van der Waals surface area contributed by atoms with Crippen molar-refractivity contribution in [3.8, 4) is 5.75 Å². The minimum Gasteiger partial charge on any atom is -0.497 e. The molecule has 2 N–H and O–H groups in total. The van der Waals surface area contributed by atoms with Gasteiger partial charge in [-0.1, -0.05) is 35.3 Å². The molecular formula is C21H17Cl2F3N4O2. The predicted molar refractivity (Wildman–Crippen MR) is 116 cm³/mol. The van der Waals surface area contributed by atoms with Crippen LogP contribution in [0.1, 0.15) is 34.6 Å². The van der Waals surface area contributed by atoms with Crippen molar-refractivity contribution < 1.29 is 22.7 Å². The summed E-state index contributed by atoms with van der Waals surface area (Å²) in [6.07, 6.45) is -4.84. The summed E-state index contributed by atoms with van der Waals surface area (Å²) in [5.41, 5.74) is 0.787. The molecule has 3 aromatic rings. The zero-order valence-electron chi connectivity index (χ0n) is 16.6. The standard InChI is InChI=1S/C21H17Cl2F3N4O2/c1-32-15-4-2-11(3-5-15)16-9-18(21(24,25)26)30-19(28-16)10-17(29-30)20(31)27-14-7-12(22)6-13(23)8-14/h2-8,10,16,18,28H,9H2,1H3,(H,27,31)/t16-,18-/m1/s1. The molecule has 0 saturated carbocycles. The fourth-order valence-electron chi connectivity index (χ4n) is 3.56. The van der Waals surface area contributed by atoms with Crippen molar-refractivity contribution in [3.05, 3.63) is 69.8 Å². The van der Waals surface area contributed by atoms with Gasteiger partial charge in [-0.3, -0.25) is 4.79 Å². The van der Waals surface area contributed by atoms with Crippen LogP contribution >= 0.6 is 23.2 Å². The van der Waals surface area contributed by atoms with Crippen LogP contribution in [0.2, 0.25) is 10.0 Å². The van der Waals surface area contributed by atoms with Crippen molar-refractivity contribution in [3.63, 3.8) is 0 Å². The summed E-state index contributed by atoms with van der Waals surface area (Å²) in [6, 6.07) is 9.96. The molecule has 1 aliphatic heterocycles. The van der Waals surface area contributed by atoms with Crippen LogP contribution in [0.5, 0.6) is 5.75 Å². The summed E-state index contributed by atoms with van der Waals surface area (Å²) in [5, 5.41) is 10.1. The molecule has 0 fully saturated rings. The molecule has 2 heterocycles. The lowest BCUT2D eigenvalue weighted by Gasteiger charge is -2.33. The molecule has 1 amide bonds. The summed E-state index contributed by atoms with van der Waals surface area (Å²) in [4.78, 5) is 12.6. The third-order valence-corrected chi connectivity index (χ3v) is 5.50. The fraction of sp³-hybridized carbons (Fsp3) is 0.238. The Labute approximate surface area is 191 Å². The van der Waals surface area contributed by atoms with Crippen LogP contribution in [0.15, 0.2) is 48.5 Å². The first-order chi connectivity index (χ1) is 15.1. The Bertz CT molecular complexity index is 1130. The Morgan fingerprint density at radius 2 is 1.81 bits per heavy atom. The summed E-state index contributed by atoms with van der Waals surface area (Å²) in [5.74, 6) is 0.00433. The maximum Gasteiger partial charge on any atom is 0.410 e. The van der Waals surface area contributed by atoms with Crippen LogP contribution in [-0.2, 0) is 0 Å². The van der Waals surface area contributed by atoms with Gasteiger partial charge in [0.05, 0.1) is 13.2 Å². The maximum atomic E-state index is 13.8. The van der Waals surface area contributed by atoms with E-state index in [-0.39, 0.29) is 17.9 Å². The molecule has 0 aliphatic carbocycles. The largest absolute Gasteiger partial charge is 0.497 e. The Morgan fingerprint density at radius 1 is 1.16 bits per heavy atom. The number of rotatable bonds is 4. The molecule has 1 aromatic heterocycles. The van der Waals surface area contributed by atoms with Crippen molar-refractivity contribution in [2.75, 3.05) is 17.7 Å². The van der Waals surface area contributed by atoms with E-state index >= 15 is 0 Å². The molecule has 2 atom stereocenters. The van der Waals surface area contributed by atoms with Crippen LogP contribution in [0.4, 0.5) is 24.7 Å². The molecular weight excluding hydrogens is 468 g/mol. The van der Waals surface area contributed by atoms with Gasteiger partial charge in [-0.2, -0.15) is 18.3 Å². The Hall–Kier alpha value is -2.91. The van der Waals surface area contributed by atoms with E-state index in [2.05, 4.69) is 15.7 Å². The number of methoxy groups -OCH3 is 1. The van der Waals surface area contributed by atoms with E-state index in [9.17, 15) is 18.0 Å². The zero-order valence-corrected chi connectivity index (χ0v) is 18.1.